The smallest absolute Gasteiger partial charge is 0.298 e. The molecule has 0 amide bonds. The molecule has 2 saturated heterocycles. The van der Waals surface area contributed by atoms with Gasteiger partial charge in [-0.2, -0.15) is 4.98 Å². The maximum atomic E-state index is 15.0. The van der Waals surface area contributed by atoms with Gasteiger partial charge in [-0.05, 0) is 56.2 Å². The second-order valence-electron chi connectivity index (χ2n) is 10.9. The van der Waals surface area contributed by atoms with Crippen LogP contribution in [0.25, 0.3) is 22.4 Å². The first-order chi connectivity index (χ1) is 17.1. The van der Waals surface area contributed by atoms with Crippen LogP contribution < -0.4 is 4.90 Å². The number of para-hydroxylation sites is 2. The van der Waals surface area contributed by atoms with E-state index < -0.39 is 0 Å². The highest BCUT2D eigenvalue weighted by atomic mass is 19.1. The topological polar surface area (TPSA) is 64.2 Å². The van der Waals surface area contributed by atoms with Crippen LogP contribution in [0, 0.1) is 17.2 Å². The summed E-state index contributed by atoms with van der Waals surface area (Å²) < 4.78 is 23.1. The van der Waals surface area contributed by atoms with Gasteiger partial charge in [-0.15, -0.1) is 0 Å². The van der Waals surface area contributed by atoms with Crippen LogP contribution >= 0.6 is 0 Å². The number of halogens is 1. The predicted octanol–water partition coefficient (Wildman–Crippen LogP) is 5.53. The van der Waals surface area contributed by atoms with E-state index >= 15 is 0 Å². The van der Waals surface area contributed by atoms with Gasteiger partial charge in [0.25, 0.3) is 6.01 Å². The Bertz CT molecular complexity index is 1460. The molecule has 176 valence electrons. The number of carbonyl (C=O) groups is 1. The van der Waals surface area contributed by atoms with Crippen LogP contribution in [0.5, 0.6) is 0 Å². The number of aromatic nitrogens is 3. The van der Waals surface area contributed by atoms with Crippen molar-refractivity contribution in [2.45, 2.75) is 56.7 Å². The third-order valence-corrected chi connectivity index (χ3v) is 9.07. The van der Waals surface area contributed by atoms with Crippen LogP contribution in [0.4, 0.5) is 10.4 Å². The lowest BCUT2D eigenvalue weighted by molar-refractivity contribution is -0.138. The number of hydrogen-bond donors (Lipinski definition) is 0. The molecule has 4 aromatic rings. The van der Waals surface area contributed by atoms with Crippen molar-refractivity contribution in [1.29, 1.82) is 0 Å². The van der Waals surface area contributed by atoms with Crippen LogP contribution in [-0.2, 0) is 4.79 Å². The van der Waals surface area contributed by atoms with Gasteiger partial charge in [0.2, 0.25) is 0 Å². The van der Waals surface area contributed by atoms with E-state index in [1.165, 1.54) is 6.07 Å². The molecule has 5 aliphatic rings. The minimum atomic E-state index is -0.340. The summed E-state index contributed by atoms with van der Waals surface area (Å²) in [4.78, 5) is 25.5. The number of anilines is 1. The number of nitrogens with zero attached hydrogens (tertiary/aromatic N) is 4. The minimum absolute atomic E-state index is 0.239. The zero-order valence-electron chi connectivity index (χ0n) is 19.2. The fraction of sp³-hybridized carbons (Fsp3) is 0.393. The maximum absolute atomic E-state index is 15.0. The van der Waals surface area contributed by atoms with Gasteiger partial charge in [0.05, 0.1) is 24.3 Å². The molecule has 0 spiro atoms. The number of oxazole rings is 1. The molecule has 5 heterocycles. The lowest BCUT2D eigenvalue weighted by Gasteiger charge is -2.60. The summed E-state index contributed by atoms with van der Waals surface area (Å²) in [7, 11) is 0. The first-order valence-corrected chi connectivity index (χ1v) is 12.6. The monoisotopic (exact) mass is 468 g/mol. The van der Waals surface area contributed by atoms with Gasteiger partial charge in [-0.25, -0.2) is 9.37 Å². The number of Topliss-reactive ketones (excluding diaryl/α,β-unsaturated/α-hetero) is 1. The Morgan fingerprint density at radius 3 is 2.74 bits per heavy atom. The molecule has 3 unspecified atom stereocenters. The zero-order chi connectivity index (χ0) is 23.3. The van der Waals surface area contributed by atoms with Gasteiger partial charge in [-0.3, -0.25) is 4.79 Å². The van der Waals surface area contributed by atoms with Crippen molar-refractivity contribution < 1.29 is 13.6 Å². The molecule has 4 bridgehead atoms. The molecular weight excluding hydrogens is 443 g/mol. The molecule has 2 aromatic heterocycles. The van der Waals surface area contributed by atoms with E-state index in [1.807, 2.05) is 34.9 Å². The molecule has 7 heteroatoms. The number of imidazole rings is 1. The van der Waals surface area contributed by atoms with Crippen molar-refractivity contribution in [3.63, 3.8) is 0 Å². The van der Waals surface area contributed by atoms with E-state index in [-0.39, 0.29) is 35.1 Å². The largest absolute Gasteiger partial charge is 0.423 e. The first-order valence-electron chi connectivity index (χ1n) is 12.6. The molecule has 3 atom stereocenters. The molecule has 6 nitrogen and oxygen atoms in total. The molecule has 2 aliphatic carbocycles. The first kappa shape index (κ1) is 19.8. The van der Waals surface area contributed by atoms with Gasteiger partial charge in [0.15, 0.2) is 5.58 Å². The molecule has 2 aromatic carbocycles. The van der Waals surface area contributed by atoms with E-state index in [4.69, 9.17) is 9.40 Å². The summed E-state index contributed by atoms with van der Waals surface area (Å²) in [5.74, 6) is 0.583. The molecule has 0 N–H and O–H groups in total. The molecule has 2 saturated carbocycles. The highest BCUT2D eigenvalue weighted by Gasteiger charge is 2.58. The zero-order valence-corrected chi connectivity index (χ0v) is 19.2. The summed E-state index contributed by atoms with van der Waals surface area (Å²) in [5, 5.41) is 0. The van der Waals surface area contributed by atoms with Crippen LogP contribution in [0.1, 0.15) is 50.1 Å². The number of piperidine rings is 2. The van der Waals surface area contributed by atoms with Crippen LogP contribution in [0.15, 0.2) is 59.4 Å². The van der Waals surface area contributed by atoms with E-state index in [0.717, 1.165) is 54.5 Å². The average molecular weight is 469 g/mol. The van der Waals surface area contributed by atoms with E-state index in [9.17, 15) is 9.18 Å². The molecule has 0 radical (unpaired) electrons. The Morgan fingerprint density at radius 2 is 1.91 bits per heavy atom. The number of rotatable bonds is 4. The van der Waals surface area contributed by atoms with Crippen LogP contribution in [-0.4, -0.2) is 32.4 Å². The fourth-order valence-electron chi connectivity index (χ4n) is 7.84. The van der Waals surface area contributed by atoms with Gasteiger partial charge in [0, 0.05) is 35.0 Å². The Hall–Kier alpha value is -3.48. The van der Waals surface area contributed by atoms with Gasteiger partial charge >= 0.3 is 0 Å². The van der Waals surface area contributed by atoms with Gasteiger partial charge < -0.3 is 13.9 Å². The summed E-state index contributed by atoms with van der Waals surface area (Å²) in [6.07, 6.45) is 8.58. The van der Waals surface area contributed by atoms with Crippen molar-refractivity contribution in [2.24, 2.45) is 11.3 Å². The third-order valence-electron chi connectivity index (χ3n) is 9.07. The summed E-state index contributed by atoms with van der Waals surface area (Å²) >= 11 is 0. The molecule has 4 fully saturated rings. The number of ketones is 1. The Balaban J connectivity index is 1.11. The molecule has 35 heavy (non-hydrogen) atoms. The lowest BCUT2D eigenvalue weighted by Crippen LogP contribution is -2.64. The van der Waals surface area contributed by atoms with Crippen molar-refractivity contribution in [2.75, 3.05) is 4.90 Å². The number of hydrogen-bond acceptors (Lipinski definition) is 5. The van der Waals surface area contributed by atoms with Crippen molar-refractivity contribution in [3.8, 4) is 11.3 Å². The van der Waals surface area contributed by atoms with Crippen molar-refractivity contribution in [1.82, 2.24) is 14.5 Å². The van der Waals surface area contributed by atoms with Crippen molar-refractivity contribution >= 4 is 22.9 Å². The quantitative estimate of drug-likeness (QED) is 0.394. The fourth-order valence-corrected chi connectivity index (χ4v) is 7.84. The lowest BCUT2D eigenvalue weighted by atomic mass is 9.53. The standard InChI is InChI=1S/C28H25FN4O2/c29-20-5-3-4-19-23-14-30-15-32(23)22(26(19)20)10-25(34)28-11-16-8-17(12-28)33(18(9-16)13-28)27-31-21-6-1-2-7-24(21)35-27/h1-7,14-18,22H,8-13H2. The Morgan fingerprint density at radius 1 is 1.09 bits per heavy atom. The second kappa shape index (κ2) is 6.80. The minimum Gasteiger partial charge on any atom is -0.423 e. The van der Waals surface area contributed by atoms with E-state index in [0.29, 0.717) is 23.9 Å². The molecule has 9 rings (SSSR count). The Kier molecular flexibility index (Phi) is 3.85. The predicted molar refractivity (Wildman–Crippen MR) is 128 cm³/mol. The van der Waals surface area contributed by atoms with E-state index in [1.54, 1.807) is 18.6 Å². The summed E-state index contributed by atoms with van der Waals surface area (Å²) in [6.45, 7) is 0. The van der Waals surface area contributed by atoms with Crippen molar-refractivity contribution in [3.05, 3.63) is 66.4 Å². The SMILES string of the molecule is O=C(CC1c2c(F)cccc2-c2cncn21)C12CC3CC(C1)N(c1nc4ccccc4o1)C(C3)C2. The highest BCUT2D eigenvalue weighted by Crippen LogP contribution is 2.58. The summed E-state index contributed by atoms with van der Waals surface area (Å²) in [6, 6.07) is 13.9. The summed E-state index contributed by atoms with van der Waals surface area (Å²) in [5.41, 5.74) is 3.72. The third kappa shape index (κ3) is 2.66. The van der Waals surface area contributed by atoms with Crippen LogP contribution in [0.2, 0.25) is 0 Å². The number of fused-ring (bicyclic) bond motifs is 4. The van der Waals surface area contributed by atoms with E-state index in [2.05, 4.69) is 9.88 Å². The van der Waals surface area contributed by atoms with Gasteiger partial charge in [0.1, 0.15) is 17.1 Å². The van der Waals surface area contributed by atoms with Crippen LogP contribution in [0.3, 0.4) is 0 Å². The molecular formula is C28H25FN4O2. The Labute approximate surface area is 201 Å². The maximum Gasteiger partial charge on any atom is 0.298 e. The number of carbonyl (C=O) groups excluding carboxylic acids is 1. The average Bonchev–Trinajstić information content (AvgIpc) is 3.54. The highest BCUT2D eigenvalue weighted by molar-refractivity contribution is 5.87. The molecule has 3 aliphatic heterocycles. The second-order valence-corrected chi connectivity index (χ2v) is 10.9. The van der Waals surface area contributed by atoms with Gasteiger partial charge in [-0.1, -0.05) is 24.3 Å². The normalized spacial score (nSPS) is 30.1. The number of benzene rings is 2.